The molecule has 0 bridgehead atoms. The van der Waals surface area contributed by atoms with Crippen molar-refractivity contribution in [1.82, 2.24) is 9.72 Å². The van der Waals surface area contributed by atoms with Gasteiger partial charge in [-0.05, 0) is 13.0 Å². The number of rotatable bonds is 6. The fourth-order valence-corrected chi connectivity index (χ4v) is 2.29. The average Bonchev–Trinajstić information content (AvgIpc) is 3.11. The van der Waals surface area contributed by atoms with E-state index >= 15 is 0 Å². The molecular weight excluding hydrogens is 350 g/mol. The largest absolute Gasteiger partial charge is 0.454 e. The van der Waals surface area contributed by atoms with Gasteiger partial charge in [-0.25, -0.2) is 0 Å². The van der Waals surface area contributed by atoms with E-state index in [9.17, 15) is 14.4 Å². The number of hydrogen-bond acceptors (Lipinski definition) is 6. The van der Waals surface area contributed by atoms with Crippen LogP contribution in [-0.4, -0.2) is 28.2 Å². The zero-order valence-electron chi connectivity index (χ0n) is 14.5. The molecule has 0 unspecified atom stereocenters. The second-order valence-electron chi connectivity index (χ2n) is 5.82. The predicted octanol–water partition coefficient (Wildman–Crippen LogP) is 1.99. The lowest BCUT2D eigenvalue weighted by atomic mass is 10.1. The fourth-order valence-electron chi connectivity index (χ4n) is 2.29. The van der Waals surface area contributed by atoms with Crippen molar-refractivity contribution in [2.24, 2.45) is 0 Å². The number of carbonyl (C=O) groups excluding carboxylic acids is 2. The Morgan fingerprint density at radius 2 is 1.96 bits per heavy atom. The summed E-state index contributed by atoms with van der Waals surface area (Å²) in [6, 6.07) is 13.8. The number of aryl methyl sites for hydroxylation is 1. The molecule has 8 heteroatoms. The van der Waals surface area contributed by atoms with Crippen LogP contribution in [-0.2, 0) is 20.9 Å². The van der Waals surface area contributed by atoms with Crippen LogP contribution in [0.15, 0.2) is 64.0 Å². The highest BCUT2D eigenvalue weighted by Crippen LogP contribution is 2.21. The Balaban J connectivity index is 1.51. The molecule has 1 N–H and O–H groups in total. The highest BCUT2D eigenvalue weighted by Gasteiger charge is 2.12. The number of nitrogens with one attached hydrogen (secondary N) is 1. The van der Waals surface area contributed by atoms with Gasteiger partial charge in [0.25, 0.3) is 11.5 Å². The van der Waals surface area contributed by atoms with Crippen LogP contribution in [0, 0.1) is 6.92 Å². The van der Waals surface area contributed by atoms with Crippen LogP contribution in [0.1, 0.15) is 5.56 Å². The number of nitrogens with zero attached hydrogens (tertiary/aromatic N) is 2. The van der Waals surface area contributed by atoms with Gasteiger partial charge in [-0.2, -0.15) is 0 Å². The summed E-state index contributed by atoms with van der Waals surface area (Å²) >= 11 is 0. The first-order valence-electron chi connectivity index (χ1n) is 8.16. The Hall–Kier alpha value is -3.68. The fraction of sp³-hybridized carbons (Fsp3) is 0.158. The number of hydrogen-bond donors (Lipinski definition) is 1. The Morgan fingerprint density at radius 3 is 2.70 bits per heavy atom. The topological polar surface area (TPSA) is 103 Å². The van der Waals surface area contributed by atoms with Gasteiger partial charge in [0.1, 0.15) is 12.2 Å². The highest BCUT2D eigenvalue weighted by molar-refractivity contribution is 5.92. The van der Waals surface area contributed by atoms with E-state index in [0.717, 1.165) is 11.1 Å². The van der Waals surface area contributed by atoms with E-state index in [1.165, 1.54) is 16.8 Å². The van der Waals surface area contributed by atoms with Crippen molar-refractivity contribution >= 4 is 17.8 Å². The average molecular weight is 367 g/mol. The van der Waals surface area contributed by atoms with E-state index in [-0.39, 0.29) is 18.0 Å². The number of benzene rings is 1. The third-order valence-electron chi connectivity index (χ3n) is 3.68. The van der Waals surface area contributed by atoms with Crippen molar-refractivity contribution in [2.75, 3.05) is 11.9 Å². The molecule has 0 spiro atoms. The van der Waals surface area contributed by atoms with E-state index in [4.69, 9.17) is 9.26 Å². The standard InChI is InChI=1S/C19H17N3O5/c1-13-5-7-14(8-6-13)15-10-17(27-21-15)20-16(23)12-26-19(25)11-22-9-3-2-4-18(22)24/h2-10H,11-12H2,1H3,(H,20,23). The smallest absolute Gasteiger partial charge is 0.326 e. The summed E-state index contributed by atoms with van der Waals surface area (Å²) in [5.41, 5.74) is 2.22. The second-order valence-corrected chi connectivity index (χ2v) is 5.82. The molecule has 0 aliphatic heterocycles. The zero-order valence-corrected chi connectivity index (χ0v) is 14.5. The zero-order chi connectivity index (χ0) is 19.2. The van der Waals surface area contributed by atoms with E-state index in [1.807, 2.05) is 31.2 Å². The molecule has 3 aromatic rings. The molecule has 3 rings (SSSR count). The number of anilines is 1. The number of pyridine rings is 1. The number of esters is 1. The number of amides is 1. The van der Waals surface area contributed by atoms with Crippen molar-refractivity contribution in [3.8, 4) is 11.3 Å². The van der Waals surface area contributed by atoms with Gasteiger partial charge >= 0.3 is 5.97 Å². The number of aromatic nitrogens is 2. The molecule has 2 aromatic heterocycles. The van der Waals surface area contributed by atoms with Crippen molar-refractivity contribution in [2.45, 2.75) is 13.5 Å². The second kappa shape index (κ2) is 8.13. The Kier molecular flexibility index (Phi) is 5.46. The Bertz CT molecular complexity index is 1000. The molecule has 1 aromatic carbocycles. The summed E-state index contributed by atoms with van der Waals surface area (Å²) in [6.07, 6.45) is 1.46. The molecule has 1 amide bonds. The van der Waals surface area contributed by atoms with Gasteiger partial charge in [0.05, 0.1) is 0 Å². The van der Waals surface area contributed by atoms with E-state index in [1.54, 1.807) is 18.2 Å². The van der Waals surface area contributed by atoms with Crippen LogP contribution in [0.4, 0.5) is 5.88 Å². The van der Waals surface area contributed by atoms with Crippen molar-refractivity contribution < 1.29 is 18.8 Å². The quantitative estimate of drug-likeness (QED) is 0.668. The van der Waals surface area contributed by atoms with Crippen LogP contribution in [0.3, 0.4) is 0 Å². The molecule has 0 fully saturated rings. The molecule has 2 heterocycles. The monoisotopic (exact) mass is 367 g/mol. The Labute approximate surface area is 154 Å². The molecule has 8 nitrogen and oxygen atoms in total. The van der Waals surface area contributed by atoms with Gasteiger partial charge in [-0.1, -0.05) is 41.1 Å². The molecule has 0 aliphatic rings. The third-order valence-corrected chi connectivity index (χ3v) is 3.68. The molecule has 138 valence electrons. The van der Waals surface area contributed by atoms with E-state index < -0.39 is 18.5 Å². The summed E-state index contributed by atoms with van der Waals surface area (Å²) in [6.45, 7) is 1.21. The van der Waals surface area contributed by atoms with Gasteiger partial charge < -0.3 is 13.8 Å². The first kappa shape index (κ1) is 18.1. The lowest BCUT2D eigenvalue weighted by Crippen LogP contribution is -2.26. The van der Waals surface area contributed by atoms with Gasteiger partial charge in [-0.15, -0.1) is 0 Å². The van der Waals surface area contributed by atoms with Gasteiger partial charge in [-0.3, -0.25) is 19.7 Å². The summed E-state index contributed by atoms with van der Waals surface area (Å²) in [5.74, 6) is -1.13. The summed E-state index contributed by atoms with van der Waals surface area (Å²) in [5, 5.41) is 6.35. The van der Waals surface area contributed by atoms with E-state index in [2.05, 4.69) is 10.5 Å². The Morgan fingerprint density at radius 1 is 1.19 bits per heavy atom. The van der Waals surface area contributed by atoms with Gasteiger partial charge in [0.15, 0.2) is 6.61 Å². The maximum Gasteiger partial charge on any atom is 0.326 e. The van der Waals surface area contributed by atoms with Crippen LogP contribution in [0.2, 0.25) is 0 Å². The van der Waals surface area contributed by atoms with Crippen LogP contribution < -0.4 is 10.9 Å². The number of carbonyl (C=O) groups is 2. The third kappa shape index (κ3) is 4.91. The van der Waals surface area contributed by atoms with Gasteiger partial charge in [0, 0.05) is 23.9 Å². The maximum absolute atomic E-state index is 11.9. The maximum atomic E-state index is 11.9. The normalized spacial score (nSPS) is 10.4. The molecule has 0 saturated carbocycles. The number of ether oxygens (including phenoxy) is 1. The first-order chi connectivity index (χ1) is 13.0. The minimum Gasteiger partial charge on any atom is -0.454 e. The molecule has 27 heavy (non-hydrogen) atoms. The predicted molar refractivity (Wildman–Crippen MR) is 97.0 cm³/mol. The molecular formula is C19H17N3O5. The molecule has 0 aliphatic carbocycles. The summed E-state index contributed by atoms with van der Waals surface area (Å²) in [7, 11) is 0. The van der Waals surface area contributed by atoms with Crippen molar-refractivity contribution in [3.05, 3.63) is 70.6 Å². The minimum atomic E-state index is -0.698. The molecule has 0 radical (unpaired) electrons. The van der Waals surface area contributed by atoms with E-state index in [0.29, 0.717) is 5.69 Å². The lowest BCUT2D eigenvalue weighted by molar-refractivity contribution is -0.148. The molecule has 0 atom stereocenters. The van der Waals surface area contributed by atoms with Crippen LogP contribution in [0.5, 0.6) is 0 Å². The van der Waals surface area contributed by atoms with Crippen LogP contribution in [0.25, 0.3) is 11.3 Å². The SMILES string of the molecule is Cc1ccc(-c2cc(NC(=O)COC(=O)Cn3ccccc3=O)on2)cc1. The highest BCUT2D eigenvalue weighted by atomic mass is 16.5. The van der Waals surface area contributed by atoms with Gasteiger partial charge in [0.2, 0.25) is 5.88 Å². The first-order valence-corrected chi connectivity index (χ1v) is 8.16. The van der Waals surface area contributed by atoms with Crippen molar-refractivity contribution in [3.63, 3.8) is 0 Å². The lowest BCUT2D eigenvalue weighted by Gasteiger charge is -2.06. The summed E-state index contributed by atoms with van der Waals surface area (Å²) < 4.78 is 11.1. The summed E-state index contributed by atoms with van der Waals surface area (Å²) in [4.78, 5) is 35.2. The van der Waals surface area contributed by atoms with Crippen LogP contribution >= 0.6 is 0 Å². The molecule has 0 saturated heterocycles. The minimum absolute atomic E-state index is 0.144. The van der Waals surface area contributed by atoms with Crippen molar-refractivity contribution in [1.29, 1.82) is 0 Å².